The summed E-state index contributed by atoms with van der Waals surface area (Å²) in [5.74, 6) is 1.01. The van der Waals surface area contributed by atoms with Crippen LogP contribution in [0.5, 0.6) is 0 Å². The minimum atomic E-state index is -0.379. The third-order valence-electron chi connectivity index (χ3n) is 4.40. The van der Waals surface area contributed by atoms with E-state index in [0.717, 1.165) is 16.8 Å². The second-order valence-electron chi connectivity index (χ2n) is 7.18. The Morgan fingerprint density at radius 1 is 1.21 bits per heavy atom. The molecule has 148 valence electrons. The molecule has 3 heterocycles. The summed E-state index contributed by atoms with van der Waals surface area (Å²) in [6.45, 7) is 5.78. The molecule has 0 saturated carbocycles. The van der Waals surface area contributed by atoms with Crippen LogP contribution in [0.4, 0.5) is 11.5 Å². The van der Waals surface area contributed by atoms with E-state index in [1.54, 1.807) is 35.5 Å². The molecule has 3 aromatic rings. The quantitative estimate of drug-likeness (QED) is 0.706. The van der Waals surface area contributed by atoms with Gasteiger partial charge in [0.15, 0.2) is 5.69 Å². The first-order chi connectivity index (χ1) is 13.8. The molecule has 0 bridgehead atoms. The SMILES string of the molecule is Cc1ncc(NC(=O)c2cc(C(C)C)on2)cc1-c1cnc(N(C)C)c(C#N)c1. The molecule has 1 N–H and O–H groups in total. The molecular weight excluding hydrogens is 368 g/mol. The molecule has 3 aromatic heterocycles. The van der Waals surface area contributed by atoms with Crippen molar-refractivity contribution in [3.8, 4) is 17.2 Å². The van der Waals surface area contributed by atoms with Crippen LogP contribution in [0, 0.1) is 18.3 Å². The molecule has 0 atom stereocenters. The third-order valence-corrected chi connectivity index (χ3v) is 4.40. The van der Waals surface area contributed by atoms with Gasteiger partial charge >= 0.3 is 0 Å². The highest BCUT2D eigenvalue weighted by Gasteiger charge is 2.16. The van der Waals surface area contributed by atoms with Gasteiger partial charge in [0.1, 0.15) is 17.6 Å². The van der Waals surface area contributed by atoms with Crippen molar-refractivity contribution in [3.63, 3.8) is 0 Å². The molecule has 0 aromatic carbocycles. The van der Waals surface area contributed by atoms with Crippen LogP contribution in [0.1, 0.15) is 47.3 Å². The van der Waals surface area contributed by atoms with Crippen molar-refractivity contribution in [2.45, 2.75) is 26.7 Å². The minimum absolute atomic E-state index is 0.142. The molecule has 0 radical (unpaired) electrons. The van der Waals surface area contributed by atoms with Gasteiger partial charge in [-0.3, -0.25) is 9.78 Å². The van der Waals surface area contributed by atoms with Crippen LogP contribution in [0.15, 0.2) is 35.1 Å². The van der Waals surface area contributed by atoms with E-state index in [-0.39, 0.29) is 17.5 Å². The number of aromatic nitrogens is 3. The summed E-state index contributed by atoms with van der Waals surface area (Å²) in [4.78, 5) is 23.0. The van der Waals surface area contributed by atoms with Gasteiger partial charge in [0.05, 0.1) is 17.4 Å². The molecule has 0 aliphatic carbocycles. The summed E-state index contributed by atoms with van der Waals surface area (Å²) in [5, 5.41) is 16.1. The van der Waals surface area contributed by atoms with Crippen molar-refractivity contribution in [2.75, 3.05) is 24.3 Å². The molecular formula is C21H22N6O2. The van der Waals surface area contributed by atoms with E-state index in [1.165, 1.54) is 0 Å². The van der Waals surface area contributed by atoms with Gasteiger partial charge in [0.2, 0.25) is 0 Å². The Kier molecular flexibility index (Phi) is 5.59. The fourth-order valence-corrected chi connectivity index (χ4v) is 2.80. The zero-order valence-corrected chi connectivity index (χ0v) is 17.0. The highest BCUT2D eigenvalue weighted by molar-refractivity contribution is 6.03. The lowest BCUT2D eigenvalue weighted by molar-refractivity contribution is 0.101. The summed E-state index contributed by atoms with van der Waals surface area (Å²) in [6.07, 6.45) is 3.27. The fraction of sp³-hybridized carbons (Fsp3) is 0.286. The van der Waals surface area contributed by atoms with Gasteiger partial charge in [-0.15, -0.1) is 0 Å². The normalized spacial score (nSPS) is 10.7. The molecule has 0 fully saturated rings. The Hall–Kier alpha value is -3.73. The van der Waals surface area contributed by atoms with Crippen molar-refractivity contribution < 1.29 is 9.32 Å². The summed E-state index contributed by atoms with van der Waals surface area (Å²) in [5.41, 5.74) is 3.47. The predicted molar refractivity (Wildman–Crippen MR) is 110 cm³/mol. The van der Waals surface area contributed by atoms with Gasteiger partial charge in [0.25, 0.3) is 5.91 Å². The molecule has 0 unspecified atom stereocenters. The van der Waals surface area contributed by atoms with E-state index < -0.39 is 0 Å². The van der Waals surface area contributed by atoms with E-state index in [0.29, 0.717) is 22.8 Å². The number of hydrogen-bond acceptors (Lipinski definition) is 7. The number of rotatable bonds is 5. The monoisotopic (exact) mass is 390 g/mol. The smallest absolute Gasteiger partial charge is 0.277 e. The number of amides is 1. The summed E-state index contributed by atoms with van der Waals surface area (Å²) >= 11 is 0. The average Bonchev–Trinajstić information content (AvgIpc) is 3.19. The third kappa shape index (κ3) is 4.24. The Morgan fingerprint density at radius 3 is 2.59 bits per heavy atom. The number of hydrogen-bond donors (Lipinski definition) is 1. The Balaban J connectivity index is 1.90. The van der Waals surface area contributed by atoms with Crippen LogP contribution < -0.4 is 10.2 Å². The number of pyridine rings is 2. The van der Waals surface area contributed by atoms with Gasteiger partial charge in [-0.25, -0.2) is 4.98 Å². The number of anilines is 2. The van der Waals surface area contributed by atoms with Crippen LogP contribution in [-0.2, 0) is 0 Å². The molecule has 29 heavy (non-hydrogen) atoms. The first-order valence-corrected chi connectivity index (χ1v) is 9.12. The average molecular weight is 390 g/mol. The van der Waals surface area contributed by atoms with Crippen molar-refractivity contribution >= 4 is 17.4 Å². The highest BCUT2D eigenvalue weighted by atomic mass is 16.5. The molecule has 3 rings (SSSR count). The number of carbonyl (C=O) groups is 1. The minimum Gasteiger partial charge on any atom is -0.362 e. The zero-order chi connectivity index (χ0) is 21.1. The number of nitrogens with one attached hydrogen (secondary N) is 1. The second kappa shape index (κ2) is 8.10. The van der Waals surface area contributed by atoms with Crippen molar-refractivity contribution in [3.05, 3.63) is 53.3 Å². The fourth-order valence-electron chi connectivity index (χ4n) is 2.80. The zero-order valence-electron chi connectivity index (χ0n) is 17.0. The molecule has 0 aliphatic rings. The first kappa shape index (κ1) is 20.0. The van der Waals surface area contributed by atoms with Crippen LogP contribution >= 0.6 is 0 Å². The van der Waals surface area contributed by atoms with E-state index in [4.69, 9.17) is 4.52 Å². The van der Waals surface area contributed by atoms with E-state index in [9.17, 15) is 10.1 Å². The van der Waals surface area contributed by atoms with Crippen molar-refractivity contribution in [1.82, 2.24) is 15.1 Å². The maximum Gasteiger partial charge on any atom is 0.277 e. The lowest BCUT2D eigenvalue weighted by atomic mass is 10.0. The maximum atomic E-state index is 12.5. The van der Waals surface area contributed by atoms with Crippen LogP contribution in [0.2, 0.25) is 0 Å². The maximum absolute atomic E-state index is 12.5. The van der Waals surface area contributed by atoms with E-state index >= 15 is 0 Å². The molecule has 0 aliphatic heterocycles. The molecule has 8 nitrogen and oxygen atoms in total. The summed E-state index contributed by atoms with van der Waals surface area (Å²) < 4.78 is 5.18. The second-order valence-corrected chi connectivity index (χ2v) is 7.18. The lowest BCUT2D eigenvalue weighted by Gasteiger charge is -2.14. The van der Waals surface area contributed by atoms with Crippen molar-refractivity contribution in [1.29, 1.82) is 5.26 Å². The number of carbonyl (C=O) groups excluding carboxylic acids is 1. The topological polar surface area (TPSA) is 108 Å². The Bertz CT molecular complexity index is 1090. The van der Waals surface area contributed by atoms with Gasteiger partial charge < -0.3 is 14.7 Å². The van der Waals surface area contributed by atoms with Gasteiger partial charge in [-0.2, -0.15) is 5.26 Å². The van der Waals surface area contributed by atoms with Crippen LogP contribution in [0.3, 0.4) is 0 Å². The van der Waals surface area contributed by atoms with Gasteiger partial charge in [-0.05, 0) is 19.1 Å². The molecule has 1 amide bonds. The number of nitrogens with zero attached hydrogens (tertiary/aromatic N) is 5. The highest BCUT2D eigenvalue weighted by Crippen LogP contribution is 2.28. The van der Waals surface area contributed by atoms with Gasteiger partial charge in [-0.1, -0.05) is 19.0 Å². The van der Waals surface area contributed by atoms with Gasteiger partial charge in [0, 0.05) is 49.1 Å². The van der Waals surface area contributed by atoms with Crippen molar-refractivity contribution in [2.24, 2.45) is 0 Å². The molecule has 0 spiro atoms. The van der Waals surface area contributed by atoms with Crippen LogP contribution in [0.25, 0.3) is 11.1 Å². The standard InChI is InChI=1S/C21H22N6O2/c1-12(2)19-8-18(26-29-19)21(28)25-16-7-17(13(3)23-11-16)15-6-14(9-22)20(24-10-15)27(4)5/h6-8,10-12H,1-5H3,(H,25,28). The van der Waals surface area contributed by atoms with Crippen LogP contribution in [-0.4, -0.2) is 35.1 Å². The number of nitriles is 1. The number of aryl methyl sites for hydroxylation is 1. The van der Waals surface area contributed by atoms with E-state index in [2.05, 4.69) is 26.5 Å². The van der Waals surface area contributed by atoms with E-state index in [1.807, 2.05) is 34.9 Å². The Labute approximate surface area is 169 Å². The molecule has 8 heteroatoms. The first-order valence-electron chi connectivity index (χ1n) is 9.12. The summed E-state index contributed by atoms with van der Waals surface area (Å²) in [6, 6.07) is 7.37. The Morgan fingerprint density at radius 2 is 1.97 bits per heavy atom. The lowest BCUT2D eigenvalue weighted by Crippen LogP contribution is -2.13. The molecule has 0 saturated heterocycles. The predicted octanol–water partition coefficient (Wildman–Crippen LogP) is 3.75. The summed E-state index contributed by atoms with van der Waals surface area (Å²) in [7, 11) is 3.67. The largest absolute Gasteiger partial charge is 0.362 e.